The Morgan fingerprint density at radius 3 is 2.52 bits per heavy atom. The average molecular weight is 294 g/mol. The molecule has 21 heavy (non-hydrogen) atoms. The molecule has 0 aromatic carbocycles. The summed E-state index contributed by atoms with van der Waals surface area (Å²) in [5.41, 5.74) is 0. The Labute approximate surface area is 131 Å². The molecule has 0 bridgehead atoms. The fourth-order valence-electron chi connectivity index (χ4n) is 2.78. The molecule has 0 saturated carbocycles. The van der Waals surface area contributed by atoms with Crippen LogP contribution >= 0.6 is 0 Å². The largest absolute Gasteiger partial charge is 0.395 e. The normalized spacial score (nSPS) is 15.1. The van der Waals surface area contributed by atoms with Crippen LogP contribution in [0.3, 0.4) is 0 Å². The van der Waals surface area contributed by atoms with Gasteiger partial charge in [-0.2, -0.15) is 0 Å². The zero-order valence-corrected chi connectivity index (χ0v) is 13.9. The maximum atomic E-state index is 9.00. The second kappa shape index (κ2) is 12.9. The monoisotopic (exact) mass is 294 g/mol. The Morgan fingerprint density at radius 1 is 1.05 bits per heavy atom. The van der Waals surface area contributed by atoms with Crippen molar-refractivity contribution in [3.05, 3.63) is 12.2 Å². The lowest BCUT2D eigenvalue weighted by Gasteiger charge is -2.18. The van der Waals surface area contributed by atoms with Crippen LogP contribution in [0.5, 0.6) is 0 Å². The lowest BCUT2D eigenvalue weighted by atomic mass is 10.1. The van der Waals surface area contributed by atoms with Gasteiger partial charge in [-0.15, -0.1) is 0 Å². The Bertz CT molecular complexity index is 300. The predicted octanol–water partition coefficient (Wildman–Crippen LogP) is 4.17. The van der Waals surface area contributed by atoms with Crippen molar-refractivity contribution in [2.24, 2.45) is 4.99 Å². The number of hydrogen-bond donors (Lipinski definition) is 1. The van der Waals surface area contributed by atoms with E-state index in [4.69, 9.17) is 5.11 Å². The van der Waals surface area contributed by atoms with Crippen molar-refractivity contribution in [1.82, 2.24) is 4.90 Å². The summed E-state index contributed by atoms with van der Waals surface area (Å²) < 4.78 is 0. The van der Waals surface area contributed by atoms with E-state index in [0.29, 0.717) is 0 Å². The summed E-state index contributed by atoms with van der Waals surface area (Å²) in [4.78, 5) is 6.78. The lowest BCUT2D eigenvalue weighted by molar-refractivity contribution is 0.255. The molecule has 0 unspecified atom stereocenters. The minimum absolute atomic E-state index is 0.242. The number of β-amino-alcohol motifs (C(OH)–C–C–N with tert-alkyl or cyclic N) is 1. The summed E-state index contributed by atoms with van der Waals surface area (Å²) >= 11 is 0. The van der Waals surface area contributed by atoms with Crippen LogP contribution < -0.4 is 0 Å². The number of aliphatic hydroxyl groups excluding tert-OH is 1. The molecule has 0 spiro atoms. The number of rotatable bonds is 13. The van der Waals surface area contributed by atoms with Crippen LogP contribution in [0.1, 0.15) is 71.1 Å². The van der Waals surface area contributed by atoms with E-state index in [1.165, 1.54) is 63.6 Å². The highest BCUT2D eigenvalue weighted by Crippen LogP contribution is 2.12. The van der Waals surface area contributed by atoms with Crippen LogP contribution in [0.2, 0.25) is 0 Å². The Morgan fingerprint density at radius 2 is 1.76 bits per heavy atom. The number of hydrogen-bond acceptors (Lipinski definition) is 3. The molecule has 122 valence electrons. The third-order valence-corrected chi connectivity index (χ3v) is 4.04. The summed E-state index contributed by atoms with van der Waals surface area (Å²) in [7, 11) is 0. The molecule has 0 atom stereocenters. The molecule has 3 nitrogen and oxygen atoms in total. The number of nitrogens with zero attached hydrogens (tertiary/aromatic N) is 2. The first kappa shape index (κ1) is 18.2. The van der Waals surface area contributed by atoms with E-state index in [9.17, 15) is 0 Å². The van der Waals surface area contributed by atoms with E-state index in [-0.39, 0.29) is 6.61 Å². The molecule has 1 heterocycles. The van der Waals surface area contributed by atoms with Crippen LogP contribution in [0.4, 0.5) is 0 Å². The van der Waals surface area contributed by atoms with Gasteiger partial charge in [-0.05, 0) is 25.7 Å². The molecule has 1 aliphatic heterocycles. The third-order valence-electron chi connectivity index (χ3n) is 4.04. The summed E-state index contributed by atoms with van der Waals surface area (Å²) in [6.45, 7) is 5.14. The molecule has 0 saturated heterocycles. The highest BCUT2D eigenvalue weighted by atomic mass is 16.3. The molecule has 0 amide bonds. The maximum absolute atomic E-state index is 9.00. The molecule has 0 aromatic heterocycles. The first-order valence-electron chi connectivity index (χ1n) is 8.92. The number of amidine groups is 1. The minimum Gasteiger partial charge on any atom is -0.395 e. The van der Waals surface area contributed by atoms with E-state index in [1.54, 1.807) is 0 Å². The molecule has 1 aliphatic rings. The second-order valence-electron chi connectivity index (χ2n) is 5.93. The summed E-state index contributed by atoms with van der Waals surface area (Å²) in [6, 6.07) is 0. The zero-order valence-electron chi connectivity index (χ0n) is 13.9. The van der Waals surface area contributed by atoms with Gasteiger partial charge in [0.2, 0.25) is 0 Å². The van der Waals surface area contributed by atoms with Crippen molar-refractivity contribution < 1.29 is 5.11 Å². The van der Waals surface area contributed by atoms with Crippen LogP contribution in [0, 0.1) is 0 Å². The minimum atomic E-state index is 0.242. The number of allylic oxidation sites excluding steroid dienone is 2. The smallest absolute Gasteiger partial charge is 0.0991 e. The second-order valence-corrected chi connectivity index (χ2v) is 5.93. The Balaban J connectivity index is 1.88. The van der Waals surface area contributed by atoms with Gasteiger partial charge in [0.05, 0.1) is 19.0 Å². The number of unbranched alkanes of at least 4 members (excludes halogenated alkanes) is 7. The molecular weight excluding hydrogens is 260 g/mol. The van der Waals surface area contributed by atoms with E-state index >= 15 is 0 Å². The van der Waals surface area contributed by atoms with Gasteiger partial charge in [-0.25, -0.2) is 0 Å². The molecule has 3 heteroatoms. The van der Waals surface area contributed by atoms with Crippen molar-refractivity contribution >= 4 is 5.84 Å². The van der Waals surface area contributed by atoms with Gasteiger partial charge in [0.1, 0.15) is 0 Å². The van der Waals surface area contributed by atoms with Gasteiger partial charge < -0.3 is 10.0 Å². The van der Waals surface area contributed by atoms with Crippen LogP contribution in [0.15, 0.2) is 17.1 Å². The van der Waals surface area contributed by atoms with Crippen molar-refractivity contribution in [3.63, 3.8) is 0 Å². The van der Waals surface area contributed by atoms with Gasteiger partial charge >= 0.3 is 0 Å². The lowest BCUT2D eigenvalue weighted by Crippen LogP contribution is -2.30. The number of aliphatic imine (C=N–C) groups is 1. The fourth-order valence-corrected chi connectivity index (χ4v) is 2.78. The third kappa shape index (κ3) is 8.92. The van der Waals surface area contributed by atoms with Gasteiger partial charge in [0.15, 0.2) is 0 Å². The molecule has 0 fully saturated rings. The van der Waals surface area contributed by atoms with Crippen molar-refractivity contribution in [2.75, 3.05) is 26.2 Å². The topological polar surface area (TPSA) is 35.8 Å². The quantitative estimate of drug-likeness (QED) is 0.409. The van der Waals surface area contributed by atoms with E-state index < -0.39 is 0 Å². The summed E-state index contributed by atoms with van der Waals surface area (Å²) in [5, 5.41) is 9.00. The van der Waals surface area contributed by atoms with Crippen LogP contribution in [0.25, 0.3) is 0 Å². The Hall–Kier alpha value is -0.830. The van der Waals surface area contributed by atoms with Crippen LogP contribution in [-0.2, 0) is 0 Å². The standard InChI is InChI=1S/C18H34N2O/c1-2-3-4-5-6-7-8-9-10-11-12-13-18-19-14-15-20(18)16-17-21/h4-5,21H,2-3,6-17H2,1H3/b5-4+. The SMILES string of the molecule is CCC/C=C/CCCCCCCCC1=NCCN1CCO. The fraction of sp³-hybridized carbons (Fsp3) is 0.833. The molecule has 0 radical (unpaired) electrons. The van der Waals surface area contributed by atoms with E-state index in [2.05, 4.69) is 29.0 Å². The highest BCUT2D eigenvalue weighted by molar-refractivity contribution is 5.83. The maximum Gasteiger partial charge on any atom is 0.0991 e. The zero-order chi connectivity index (χ0) is 15.2. The van der Waals surface area contributed by atoms with Crippen molar-refractivity contribution in [1.29, 1.82) is 0 Å². The average Bonchev–Trinajstić information content (AvgIpc) is 2.92. The highest BCUT2D eigenvalue weighted by Gasteiger charge is 2.14. The first-order chi connectivity index (χ1) is 10.4. The van der Waals surface area contributed by atoms with Gasteiger partial charge in [-0.1, -0.05) is 51.2 Å². The predicted molar refractivity (Wildman–Crippen MR) is 91.9 cm³/mol. The number of aliphatic hydroxyl groups is 1. The van der Waals surface area contributed by atoms with E-state index in [1.807, 2.05) is 0 Å². The molecular formula is C18H34N2O. The Kier molecular flexibility index (Phi) is 11.2. The molecule has 0 aliphatic carbocycles. The molecule has 0 aromatic rings. The van der Waals surface area contributed by atoms with Gasteiger partial charge in [0.25, 0.3) is 0 Å². The van der Waals surface area contributed by atoms with Gasteiger partial charge in [0, 0.05) is 19.5 Å². The molecule has 1 rings (SSSR count). The van der Waals surface area contributed by atoms with Crippen molar-refractivity contribution in [2.45, 2.75) is 71.1 Å². The molecule has 1 N–H and O–H groups in total. The summed E-state index contributed by atoms with van der Waals surface area (Å²) in [5.74, 6) is 1.23. The first-order valence-corrected chi connectivity index (χ1v) is 8.92. The van der Waals surface area contributed by atoms with Crippen molar-refractivity contribution in [3.8, 4) is 0 Å². The summed E-state index contributed by atoms with van der Waals surface area (Å²) in [6.07, 6.45) is 17.5. The van der Waals surface area contributed by atoms with Crippen LogP contribution in [-0.4, -0.2) is 42.1 Å². The van der Waals surface area contributed by atoms with Gasteiger partial charge in [-0.3, -0.25) is 4.99 Å². The van der Waals surface area contributed by atoms with E-state index in [0.717, 1.165) is 26.1 Å².